The Bertz CT molecular complexity index is 1020. The summed E-state index contributed by atoms with van der Waals surface area (Å²) < 4.78 is 5.42. The summed E-state index contributed by atoms with van der Waals surface area (Å²) in [4.78, 5) is 31.7. The Kier molecular flexibility index (Phi) is 7.36. The fourth-order valence-corrected chi connectivity index (χ4v) is 5.22. The maximum absolute atomic E-state index is 14.0. The third kappa shape index (κ3) is 4.48. The van der Waals surface area contributed by atoms with Gasteiger partial charge >= 0.3 is 0 Å². The van der Waals surface area contributed by atoms with Gasteiger partial charge in [0.15, 0.2) is 0 Å². The molecule has 0 unspecified atom stereocenters. The van der Waals surface area contributed by atoms with E-state index in [9.17, 15) is 14.7 Å². The summed E-state index contributed by atoms with van der Waals surface area (Å²) in [7, 11) is 0. The van der Waals surface area contributed by atoms with Crippen molar-refractivity contribution in [3.8, 4) is 0 Å². The van der Waals surface area contributed by atoms with Gasteiger partial charge in [0.1, 0.15) is 0 Å². The zero-order valence-electron chi connectivity index (χ0n) is 20.3. The summed E-state index contributed by atoms with van der Waals surface area (Å²) >= 11 is 0. The Labute approximate surface area is 201 Å². The molecule has 0 bridgehead atoms. The normalized spacial score (nSPS) is 23.1. The van der Waals surface area contributed by atoms with E-state index in [0.29, 0.717) is 12.1 Å². The number of benzene rings is 2. The highest BCUT2D eigenvalue weighted by molar-refractivity contribution is 6.03. The average molecular weight is 466 g/mol. The van der Waals surface area contributed by atoms with Crippen molar-refractivity contribution in [2.45, 2.75) is 44.9 Å². The average Bonchev–Trinajstić information content (AvgIpc) is 2.86. The molecule has 2 aromatic carbocycles. The molecule has 4 rings (SSSR count). The third-order valence-corrected chi connectivity index (χ3v) is 7.10. The van der Waals surface area contributed by atoms with Crippen molar-refractivity contribution >= 4 is 11.8 Å². The van der Waals surface area contributed by atoms with E-state index in [2.05, 4.69) is 10.2 Å². The number of carbonyl (C=O) groups is 2. The van der Waals surface area contributed by atoms with E-state index >= 15 is 0 Å². The lowest BCUT2D eigenvalue weighted by atomic mass is 9.67. The molecular formula is C27H35N3O4. The van der Waals surface area contributed by atoms with Gasteiger partial charge in [-0.25, -0.2) is 0 Å². The minimum atomic E-state index is -0.986. The van der Waals surface area contributed by atoms with Gasteiger partial charge in [0, 0.05) is 37.8 Å². The first-order chi connectivity index (χ1) is 16.4. The number of aliphatic hydroxyl groups is 1. The van der Waals surface area contributed by atoms with Crippen LogP contribution in [0.4, 0.5) is 0 Å². The molecule has 7 nitrogen and oxygen atoms in total. The van der Waals surface area contributed by atoms with Crippen LogP contribution in [0.2, 0.25) is 0 Å². The lowest BCUT2D eigenvalue weighted by Crippen LogP contribution is -2.59. The molecule has 2 aliphatic rings. The number of carbonyl (C=O) groups excluding carboxylic acids is 2. The summed E-state index contributed by atoms with van der Waals surface area (Å²) in [6.07, 6.45) is 0. The Morgan fingerprint density at radius 2 is 1.82 bits per heavy atom. The van der Waals surface area contributed by atoms with E-state index in [4.69, 9.17) is 4.74 Å². The maximum Gasteiger partial charge on any atom is 0.254 e. The van der Waals surface area contributed by atoms with Gasteiger partial charge in [-0.15, -0.1) is 0 Å². The monoisotopic (exact) mass is 465 g/mol. The molecule has 0 radical (unpaired) electrons. The lowest BCUT2D eigenvalue weighted by molar-refractivity contribution is -0.129. The molecule has 0 spiro atoms. The summed E-state index contributed by atoms with van der Waals surface area (Å²) in [5.74, 6) is -0.164. The fourth-order valence-electron chi connectivity index (χ4n) is 5.22. The molecule has 0 aliphatic carbocycles. The van der Waals surface area contributed by atoms with E-state index in [0.717, 1.165) is 49.5 Å². The number of amides is 2. The fraction of sp³-hybridized carbons (Fsp3) is 0.481. The molecule has 0 saturated carbocycles. The summed E-state index contributed by atoms with van der Waals surface area (Å²) in [6, 6.07) is 14.4. The molecule has 34 heavy (non-hydrogen) atoms. The maximum atomic E-state index is 14.0. The first-order valence-corrected chi connectivity index (χ1v) is 12.1. The number of fused-ring (bicyclic) bond motifs is 1. The van der Waals surface area contributed by atoms with Crippen LogP contribution in [0.25, 0.3) is 0 Å². The van der Waals surface area contributed by atoms with Gasteiger partial charge in [0.05, 0.1) is 31.3 Å². The van der Waals surface area contributed by atoms with E-state index in [1.807, 2.05) is 74.2 Å². The smallest absolute Gasteiger partial charge is 0.254 e. The zero-order chi connectivity index (χ0) is 24.3. The Hall–Kier alpha value is -2.74. The van der Waals surface area contributed by atoms with E-state index in [-0.39, 0.29) is 24.5 Å². The highest BCUT2D eigenvalue weighted by atomic mass is 16.5. The van der Waals surface area contributed by atoms with Crippen molar-refractivity contribution in [1.29, 1.82) is 0 Å². The highest BCUT2D eigenvalue weighted by Gasteiger charge is 2.53. The number of rotatable bonds is 7. The minimum absolute atomic E-state index is 0.0557. The van der Waals surface area contributed by atoms with Gasteiger partial charge in [-0.3, -0.25) is 14.5 Å². The number of ether oxygens (including phenoxy) is 1. The molecule has 2 N–H and O–H groups in total. The van der Waals surface area contributed by atoms with Crippen molar-refractivity contribution in [3.05, 3.63) is 70.8 Å². The molecule has 2 aromatic rings. The molecule has 2 aliphatic heterocycles. The highest BCUT2D eigenvalue weighted by Crippen LogP contribution is 2.48. The summed E-state index contributed by atoms with van der Waals surface area (Å²) in [5, 5.41) is 12.7. The van der Waals surface area contributed by atoms with E-state index in [1.54, 1.807) is 0 Å². The first-order valence-electron chi connectivity index (χ1n) is 12.1. The molecule has 0 aromatic heterocycles. The van der Waals surface area contributed by atoms with Gasteiger partial charge in [-0.2, -0.15) is 0 Å². The number of nitrogens with one attached hydrogen (secondary N) is 1. The van der Waals surface area contributed by atoms with Gasteiger partial charge in [0.25, 0.3) is 5.91 Å². The number of hydrogen-bond acceptors (Lipinski definition) is 5. The SMILES string of the molecule is CC(C)N1C(=O)c2ccccc2[C@](C)(C(=O)NCCN2CCOCC2)[C@@H]1c1ccc(CO)cc1. The second kappa shape index (κ2) is 10.3. The predicted molar refractivity (Wildman–Crippen MR) is 130 cm³/mol. The van der Waals surface area contributed by atoms with Crippen LogP contribution in [-0.4, -0.2) is 72.2 Å². The molecule has 1 saturated heterocycles. The van der Waals surface area contributed by atoms with Crippen LogP contribution in [0, 0.1) is 0 Å². The van der Waals surface area contributed by atoms with Crippen LogP contribution >= 0.6 is 0 Å². The molecule has 182 valence electrons. The predicted octanol–water partition coefficient (Wildman–Crippen LogP) is 2.49. The topological polar surface area (TPSA) is 82.1 Å². The quantitative estimate of drug-likeness (QED) is 0.657. The molecule has 7 heteroatoms. The molecule has 2 amide bonds. The molecule has 1 fully saturated rings. The Morgan fingerprint density at radius 3 is 2.47 bits per heavy atom. The van der Waals surface area contributed by atoms with Crippen LogP contribution in [-0.2, 0) is 21.6 Å². The lowest BCUT2D eigenvalue weighted by Gasteiger charge is -2.49. The van der Waals surface area contributed by atoms with Crippen LogP contribution < -0.4 is 5.32 Å². The van der Waals surface area contributed by atoms with Crippen LogP contribution in [0.15, 0.2) is 48.5 Å². The van der Waals surface area contributed by atoms with Crippen LogP contribution in [0.1, 0.15) is 53.9 Å². The number of hydrogen-bond donors (Lipinski definition) is 2. The summed E-state index contributed by atoms with van der Waals surface area (Å²) in [5.41, 5.74) is 2.00. The van der Waals surface area contributed by atoms with E-state index < -0.39 is 11.5 Å². The second-order valence-corrected chi connectivity index (χ2v) is 9.57. The number of morpholine rings is 1. The first kappa shape index (κ1) is 24.4. The summed E-state index contributed by atoms with van der Waals surface area (Å²) in [6.45, 7) is 10.3. The van der Waals surface area contributed by atoms with Gasteiger partial charge < -0.3 is 20.1 Å². The minimum Gasteiger partial charge on any atom is -0.392 e. The molecule has 2 atom stereocenters. The molecule has 2 heterocycles. The Balaban J connectivity index is 1.73. The number of aliphatic hydroxyl groups excluding tert-OH is 1. The largest absolute Gasteiger partial charge is 0.392 e. The van der Waals surface area contributed by atoms with Crippen LogP contribution in [0.3, 0.4) is 0 Å². The van der Waals surface area contributed by atoms with Crippen molar-refractivity contribution in [2.75, 3.05) is 39.4 Å². The zero-order valence-corrected chi connectivity index (χ0v) is 20.3. The van der Waals surface area contributed by atoms with Crippen molar-refractivity contribution in [1.82, 2.24) is 15.1 Å². The van der Waals surface area contributed by atoms with Crippen LogP contribution in [0.5, 0.6) is 0 Å². The Morgan fingerprint density at radius 1 is 1.15 bits per heavy atom. The van der Waals surface area contributed by atoms with E-state index in [1.165, 1.54) is 0 Å². The van der Waals surface area contributed by atoms with Crippen molar-refractivity contribution < 1.29 is 19.4 Å². The standard InChI is InChI=1S/C27H35N3O4/c1-19(2)30-24(21-10-8-20(18-31)9-11-21)27(3,23-7-5-4-6-22(23)25(30)32)26(33)28-12-13-29-14-16-34-17-15-29/h4-11,19,24,31H,12-18H2,1-3H3,(H,28,33)/t24-,27-/m0/s1. The van der Waals surface area contributed by atoms with Gasteiger partial charge in [0.2, 0.25) is 5.91 Å². The molecular weight excluding hydrogens is 430 g/mol. The van der Waals surface area contributed by atoms with Gasteiger partial charge in [-0.1, -0.05) is 42.5 Å². The van der Waals surface area contributed by atoms with Gasteiger partial charge in [-0.05, 0) is 43.5 Å². The van der Waals surface area contributed by atoms with Crippen molar-refractivity contribution in [3.63, 3.8) is 0 Å². The second-order valence-electron chi connectivity index (χ2n) is 9.57. The number of nitrogens with zero attached hydrogens (tertiary/aromatic N) is 2. The third-order valence-electron chi connectivity index (χ3n) is 7.10. The van der Waals surface area contributed by atoms with Crippen molar-refractivity contribution in [2.24, 2.45) is 0 Å².